The average Bonchev–Trinajstić information content (AvgIpc) is 2.37. The second-order valence-electron chi connectivity index (χ2n) is 3.51. The molecule has 0 spiro atoms. The molecule has 1 aromatic carbocycles. The molecule has 0 aliphatic carbocycles. The molecule has 1 aromatic rings. The lowest BCUT2D eigenvalue weighted by atomic mass is 10.3. The summed E-state index contributed by atoms with van der Waals surface area (Å²) in [5.41, 5.74) is 7.42. The maximum absolute atomic E-state index is 11.4. The average molecular weight is 296 g/mol. The third kappa shape index (κ3) is 3.67. The minimum atomic E-state index is -3.97. The van der Waals surface area contributed by atoms with Crippen LogP contribution in [0.25, 0.3) is 0 Å². The maximum atomic E-state index is 11.4. The molecule has 106 valence electrons. The van der Waals surface area contributed by atoms with E-state index in [4.69, 9.17) is 26.3 Å². The molecule has 0 fully saturated rings. The lowest BCUT2D eigenvalue weighted by molar-refractivity contribution is 0.403. The van der Waals surface area contributed by atoms with Crippen LogP contribution in [0.15, 0.2) is 28.2 Å². The Kier molecular flexibility index (Phi) is 4.63. The van der Waals surface area contributed by atoms with E-state index in [9.17, 15) is 8.42 Å². The molecule has 20 heavy (non-hydrogen) atoms. The Labute approximate surface area is 115 Å². The Hall–Kier alpha value is -2.64. The molecule has 0 saturated heterocycles. The van der Waals surface area contributed by atoms with Crippen molar-refractivity contribution in [2.75, 3.05) is 12.5 Å². The first-order valence-corrected chi connectivity index (χ1v) is 6.63. The second kappa shape index (κ2) is 6.00. The van der Waals surface area contributed by atoms with Crippen molar-refractivity contribution < 1.29 is 13.2 Å². The molecule has 0 unspecified atom stereocenters. The van der Waals surface area contributed by atoms with Gasteiger partial charge in [0.1, 0.15) is 16.7 Å². The van der Waals surface area contributed by atoms with Crippen molar-refractivity contribution in [3.05, 3.63) is 18.2 Å². The molecule has 0 atom stereocenters. The van der Waals surface area contributed by atoms with E-state index in [1.165, 1.54) is 25.3 Å². The highest BCUT2D eigenvalue weighted by atomic mass is 32.2. The lowest BCUT2D eigenvalue weighted by Crippen LogP contribution is -2.22. The Balaban J connectivity index is 3.18. The molecular formula is C10H12N6O3S. The zero-order valence-electron chi connectivity index (χ0n) is 10.4. The van der Waals surface area contributed by atoms with Gasteiger partial charge in [0.25, 0.3) is 0 Å². The third-order valence-corrected chi connectivity index (χ3v) is 3.06. The summed E-state index contributed by atoms with van der Waals surface area (Å²) in [4.78, 5) is -0.235. The van der Waals surface area contributed by atoms with Crippen LogP contribution < -0.4 is 21.0 Å². The summed E-state index contributed by atoms with van der Waals surface area (Å²) < 4.78 is 27.7. The summed E-state index contributed by atoms with van der Waals surface area (Å²) in [6.07, 6.45) is 0. The molecule has 9 nitrogen and oxygen atoms in total. The fourth-order valence-corrected chi connectivity index (χ4v) is 1.96. The number of hydrogen-bond donors (Lipinski definition) is 4. The first kappa shape index (κ1) is 15.4. The number of anilines is 1. The van der Waals surface area contributed by atoms with Gasteiger partial charge in [-0.25, -0.2) is 13.6 Å². The zero-order valence-corrected chi connectivity index (χ0v) is 11.2. The highest BCUT2D eigenvalue weighted by molar-refractivity contribution is 7.89. The van der Waals surface area contributed by atoms with Crippen molar-refractivity contribution in [2.45, 2.75) is 4.90 Å². The van der Waals surface area contributed by atoms with Gasteiger partial charge in [-0.15, -0.1) is 0 Å². The fourth-order valence-electron chi connectivity index (χ4n) is 1.23. The van der Waals surface area contributed by atoms with Crippen molar-refractivity contribution >= 4 is 27.3 Å². The van der Waals surface area contributed by atoms with Crippen molar-refractivity contribution in [3.8, 4) is 11.8 Å². The maximum Gasteiger partial charge on any atom is 0.241 e. The molecule has 0 aromatic heterocycles. The summed E-state index contributed by atoms with van der Waals surface area (Å²) >= 11 is 0. The number of hydrogen-bond acceptors (Lipinski definition) is 7. The molecule has 0 aliphatic rings. The number of rotatable bonds is 5. The lowest BCUT2D eigenvalue weighted by Gasteiger charge is -2.08. The van der Waals surface area contributed by atoms with Crippen molar-refractivity contribution in [1.29, 1.82) is 10.7 Å². The van der Waals surface area contributed by atoms with Gasteiger partial charge in [0, 0.05) is 0 Å². The quantitative estimate of drug-likeness (QED) is 0.326. The predicted molar refractivity (Wildman–Crippen MR) is 73.0 cm³/mol. The number of hydrazone groups is 1. The first-order valence-electron chi connectivity index (χ1n) is 5.08. The molecule has 10 heteroatoms. The number of ether oxygens (including phenoxy) is 1. The predicted octanol–water partition coefficient (Wildman–Crippen LogP) is -0.430. The number of sulfonamides is 1. The molecule has 0 saturated carbocycles. The van der Waals surface area contributed by atoms with Crippen LogP contribution in [0, 0.1) is 16.7 Å². The summed E-state index contributed by atoms with van der Waals surface area (Å²) in [5.74, 6) is -0.436. The Morgan fingerprint density at radius 2 is 2.20 bits per heavy atom. The Bertz CT molecular complexity index is 704. The number of amidine groups is 1. The second-order valence-corrected chi connectivity index (χ2v) is 5.04. The van der Waals surface area contributed by atoms with E-state index in [-0.39, 0.29) is 22.0 Å². The van der Waals surface area contributed by atoms with Crippen LogP contribution in [-0.2, 0) is 10.0 Å². The van der Waals surface area contributed by atoms with Gasteiger partial charge in [0.05, 0.1) is 12.8 Å². The van der Waals surface area contributed by atoms with Crippen LogP contribution in [0.1, 0.15) is 0 Å². The van der Waals surface area contributed by atoms with E-state index in [1.54, 1.807) is 6.07 Å². The standard InChI is InChI=1S/C10H12N6O3S/c1-19-8-3-2-6(4-9(8)20(14,17)18)15-16-7(5-11)10(12)13/h2-4,15H,1H3,(H3,12,13)(H2,14,17,18)/b16-7+. The number of nitrogens with two attached hydrogens (primary N) is 2. The van der Waals surface area contributed by atoms with E-state index in [0.717, 1.165) is 0 Å². The Morgan fingerprint density at radius 3 is 2.65 bits per heavy atom. The van der Waals surface area contributed by atoms with E-state index in [2.05, 4.69) is 10.5 Å². The fraction of sp³-hybridized carbons (Fsp3) is 0.100. The van der Waals surface area contributed by atoms with Gasteiger partial charge in [0.2, 0.25) is 15.7 Å². The van der Waals surface area contributed by atoms with Crippen LogP contribution >= 0.6 is 0 Å². The van der Waals surface area contributed by atoms with Gasteiger partial charge in [-0.2, -0.15) is 10.4 Å². The normalized spacial score (nSPS) is 11.6. The van der Waals surface area contributed by atoms with Crippen molar-refractivity contribution in [1.82, 2.24) is 0 Å². The molecule has 0 aliphatic heterocycles. The molecule has 0 heterocycles. The first-order chi connectivity index (χ1) is 9.29. The number of primary sulfonamides is 1. The third-order valence-electron chi connectivity index (χ3n) is 2.13. The van der Waals surface area contributed by atoms with Crippen LogP contribution in [0.5, 0.6) is 5.75 Å². The number of methoxy groups -OCH3 is 1. The minimum absolute atomic E-state index is 0.0779. The van der Waals surface area contributed by atoms with E-state index in [1.807, 2.05) is 0 Å². The molecule has 0 amide bonds. The van der Waals surface area contributed by atoms with Crippen molar-refractivity contribution in [3.63, 3.8) is 0 Å². The molecule has 1 rings (SSSR count). The summed E-state index contributed by atoms with van der Waals surface area (Å²) in [5, 5.41) is 24.4. The molecule has 6 N–H and O–H groups in total. The van der Waals surface area contributed by atoms with Gasteiger partial charge in [-0.3, -0.25) is 10.8 Å². The topological polar surface area (TPSA) is 167 Å². The Morgan fingerprint density at radius 1 is 1.55 bits per heavy atom. The number of nitrogens with zero attached hydrogens (tertiary/aromatic N) is 2. The molecule has 0 radical (unpaired) electrons. The molecular weight excluding hydrogens is 284 g/mol. The summed E-state index contributed by atoms with van der Waals surface area (Å²) in [6.45, 7) is 0. The van der Waals surface area contributed by atoms with E-state index < -0.39 is 15.9 Å². The summed E-state index contributed by atoms with van der Waals surface area (Å²) in [7, 11) is -2.67. The SMILES string of the molecule is COc1ccc(N/N=C(\C#N)C(=N)N)cc1S(N)(=O)=O. The zero-order chi connectivity index (χ0) is 15.3. The van der Waals surface area contributed by atoms with E-state index in [0.29, 0.717) is 0 Å². The van der Waals surface area contributed by atoms with Crippen LogP contribution in [0.2, 0.25) is 0 Å². The van der Waals surface area contributed by atoms with Gasteiger partial charge >= 0.3 is 0 Å². The minimum Gasteiger partial charge on any atom is -0.495 e. The van der Waals surface area contributed by atoms with E-state index >= 15 is 0 Å². The highest BCUT2D eigenvalue weighted by Crippen LogP contribution is 2.25. The smallest absolute Gasteiger partial charge is 0.241 e. The van der Waals surface area contributed by atoms with Crippen molar-refractivity contribution in [2.24, 2.45) is 16.0 Å². The summed E-state index contributed by atoms with van der Waals surface area (Å²) in [6, 6.07) is 5.63. The molecule has 0 bridgehead atoms. The van der Waals surface area contributed by atoms with Crippen LogP contribution in [-0.4, -0.2) is 27.1 Å². The van der Waals surface area contributed by atoms with Gasteiger partial charge in [-0.1, -0.05) is 0 Å². The number of benzene rings is 1. The van der Waals surface area contributed by atoms with Gasteiger partial charge in [0.15, 0.2) is 5.84 Å². The van der Waals surface area contributed by atoms with Crippen LogP contribution in [0.3, 0.4) is 0 Å². The van der Waals surface area contributed by atoms with Crippen LogP contribution in [0.4, 0.5) is 5.69 Å². The number of nitriles is 1. The van der Waals surface area contributed by atoms with Gasteiger partial charge in [-0.05, 0) is 18.2 Å². The highest BCUT2D eigenvalue weighted by Gasteiger charge is 2.15. The number of nitrogens with one attached hydrogen (secondary N) is 2. The largest absolute Gasteiger partial charge is 0.495 e. The van der Waals surface area contributed by atoms with Gasteiger partial charge < -0.3 is 10.5 Å². The monoisotopic (exact) mass is 296 g/mol.